The van der Waals surface area contributed by atoms with E-state index in [4.69, 9.17) is 4.74 Å². The molecule has 0 aliphatic carbocycles. The van der Waals surface area contributed by atoms with Crippen molar-refractivity contribution in [1.29, 1.82) is 0 Å². The Morgan fingerprint density at radius 2 is 2.07 bits per heavy atom. The van der Waals surface area contributed by atoms with Crippen LogP contribution in [0.25, 0.3) is 0 Å². The number of nitro groups is 1. The minimum Gasteiger partial charge on any atom is -0.462 e. The van der Waals surface area contributed by atoms with Gasteiger partial charge in [-0.2, -0.15) is 0 Å². The maximum Gasteiger partial charge on any atom is 0.338 e. The molecule has 142 valence electrons. The molecular weight excluding hydrogens is 352 g/mol. The third-order valence-corrected chi connectivity index (χ3v) is 4.29. The lowest BCUT2D eigenvalue weighted by atomic mass is 10.1. The molecule has 0 bridgehead atoms. The number of imidazole rings is 1. The van der Waals surface area contributed by atoms with Crippen LogP contribution >= 0.6 is 0 Å². The lowest BCUT2D eigenvalue weighted by Gasteiger charge is -2.11. The number of non-ortho nitro benzene ring substituents is 1. The van der Waals surface area contributed by atoms with Crippen LogP contribution in [0, 0.1) is 10.1 Å². The van der Waals surface area contributed by atoms with Gasteiger partial charge in [0.2, 0.25) is 0 Å². The molecule has 0 saturated carbocycles. The van der Waals surface area contributed by atoms with Crippen LogP contribution in [0.1, 0.15) is 52.0 Å². The molecule has 0 saturated heterocycles. The van der Waals surface area contributed by atoms with E-state index in [0.29, 0.717) is 0 Å². The first-order valence-corrected chi connectivity index (χ1v) is 8.77. The molecule has 0 unspecified atom stereocenters. The van der Waals surface area contributed by atoms with Gasteiger partial charge in [0.05, 0.1) is 29.3 Å². The van der Waals surface area contributed by atoms with E-state index in [9.17, 15) is 19.7 Å². The molecule has 1 aliphatic rings. The number of fused-ring (bicyclic) bond motifs is 1. The van der Waals surface area contributed by atoms with E-state index < -0.39 is 16.8 Å². The van der Waals surface area contributed by atoms with Crippen molar-refractivity contribution in [3.8, 4) is 0 Å². The van der Waals surface area contributed by atoms with Gasteiger partial charge >= 0.3 is 5.97 Å². The molecule has 1 amide bonds. The summed E-state index contributed by atoms with van der Waals surface area (Å²) in [6.07, 6.45) is 5.04. The van der Waals surface area contributed by atoms with E-state index in [0.717, 1.165) is 49.5 Å². The number of rotatable bonds is 6. The van der Waals surface area contributed by atoms with Gasteiger partial charge in [-0.15, -0.1) is 0 Å². The molecule has 0 radical (unpaired) electrons. The van der Waals surface area contributed by atoms with Gasteiger partial charge < -0.3 is 14.6 Å². The van der Waals surface area contributed by atoms with Crippen LogP contribution in [0.2, 0.25) is 0 Å². The van der Waals surface area contributed by atoms with Gasteiger partial charge in [-0.3, -0.25) is 14.9 Å². The highest BCUT2D eigenvalue weighted by Gasteiger charge is 2.19. The van der Waals surface area contributed by atoms with E-state index in [-0.39, 0.29) is 30.0 Å². The number of nitro benzene ring substituents is 1. The van der Waals surface area contributed by atoms with E-state index >= 15 is 0 Å². The van der Waals surface area contributed by atoms with Crippen LogP contribution in [0.5, 0.6) is 0 Å². The highest BCUT2D eigenvalue weighted by atomic mass is 16.6. The number of esters is 1. The SMILES string of the molecule is CCOC(=O)c1cc(C(=O)NCc2cn3c(n2)CCCC3)cc([N+](=O)[O-])c1. The summed E-state index contributed by atoms with van der Waals surface area (Å²) in [6.45, 7) is 2.89. The number of ether oxygens (including phenoxy) is 1. The summed E-state index contributed by atoms with van der Waals surface area (Å²) >= 11 is 0. The van der Waals surface area contributed by atoms with Gasteiger partial charge in [0.25, 0.3) is 11.6 Å². The number of aromatic nitrogens is 2. The quantitative estimate of drug-likeness (QED) is 0.472. The smallest absolute Gasteiger partial charge is 0.338 e. The van der Waals surface area contributed by atoms with E-state index in [1.807, 2.05) is 6.20 Å². The van der Waals surface area contributed by atoms with Crippen molar-refractivity contribution in [3.63, 3.8) is 0 Å². The third kappa shape index (κ3) is 4.30. The Morgan fingerprint density at radius 3 is 2.78 bits per heavy atom. The molecule has 9 heteroatoms. The third-order valence-electron chi connectivity index (χ3n) is 4.29. The van der Waals surface area contributed by atoms with Crippen LogP contribution in [-0.4, -0.2) is 33.0 Å². The zero-order valence-corrected chi connectivity index (χ0v) is 14.9. The first-order chi connectivity index (χ1) is 13.0. The number of aryl methyl sites for hydroxylation is 2. The number of carbonyl (C=O) groups is 2. The first kappa shape index (κ1) is 18.6. The minimum atomic E-state index is -0.711. The fourth-order valence-electron chi connectivity index (χ4n) is 3.01. The lowest BCUT2D eigenvalue weighted by molar-refractivity contribution is -0.384. The maximum atomic E-state index is 12.4. The van der Waals surface area contributed by atoms with Crippen molar-refractivity contribution in [1.82, 2.24) is 14.9 Å². The predicted octanol–water partition coefficient (Wildman–Crippen LogP) is 2.23. The molecule has 1 aliphatic heterocycles. The largest absolute Gasteiger partial charge is 0.462 e. The Labute approximate surface area is 155 Å². The summed E-state index contributed by atoms with van der Waals surface area (Å²) in [6, 6.07) is 3.52. The molecule has 0 fully saturated rings. The molecule has 1 aromatic carbocycles. The molecule has 9 nitrogen and oxygen atoms in total. The Bertz CT molecular complexity index is 866. The molecular formula is C18H20N4O5. The van der Waals surface area contributed by atoms with Crippen molar-refractivity contribution in [2.24, 2.45) is 0 Å². The average Bonchev–Trinajstić information content (AvgIpc) is 3.08. The number of carbonyl (C=O) groups excluding carboxylic acids is 2. The summed E-state index contributed by atoms with van der Waals surface area (Å²) in [5.41, 5.74) is 0.379. The van der Waals surface area contributed by atoms with Crippen molar-refractivity contribution < 1.29 is 19.2 Å². The molecule has 1 aromatic heterocycles. The Balaban J connectivity index is 1.75. The fraction of sp³-hybridized carbons (Fsp3) is 0.389. The molecule has 2 aromatic rings. The predicted molar refractivity (Wildman–Crippen MR) is 95.4 cm³/mol. The van der Waals surface area contributed by atoms with E-state index in [1.54, 1.807) is 6.92 Å². The van der Waals surface area contributed by atoms with Gasteiger partial charge in [0.15, 0.2) is 0 Å². The van der Waals surface area contributed by atoms with Crippen LogP contribution < -0.4 is 5.32 Å². The highest BCUT2D eigenvalue weighted by molar-refractivity contribution is 5.98. The summed E-state index contributed by atoms with van der Waals surface area (Å²) in [5.74, 6) is -0.224. The van der Waals surface area contributed by atoms with E-state index in [2.05, 4.69) is 14.9 Å². The Kier molecular flexibility index (Phi) is 5.49. The number of benzene rings is 1. The molecule has 27 heavy (non-hydrogen) atoms. The van der Waals surface area contributed by atoms with Gasteiger partial charge in [0.1, 0.15) is 5.82 Å². The van der Waals surface area contributed by atoms with Crippen LogP contribution in [0.3, 0.4) is 0 Å². The number of nitrogens with zero attached hydrogens (tertiary/aromatic N) is 3. The molecule has 3 rings (SSSR count). The van der Waals surface area contributed by atoms with Gasteiger partial charge in [-0.1, -0.05) is 0 Å². The topological polar surface area (TPSA) is 116 Å². The second-order valence-corrected chi connectivity index (χ2v) is 6.23. The molecule has 0 atom stereocenters. The van der Waals surface area contributed by atoms with E-state index in [1.165, 1.54) is 6.07 Å². The zero-order valence-electron chi connectivity index (χ0n) is 14.9. The normalized spacial score (nSPS) is 12.9. The standard InChI is InChI=1S/C18H20N4O5/c1-2-27-18(24)13-7-12(8-15(9-13)22(25)26)17(23)19-10-14-11-21-6-4-3-5-16(21)20-14/h7-9,11H,2-6,10H2,1H3,(H,19,23). The van der Waals surface area contributed by atoms with Crippen molar-refractivity contribution >= 4 is 17.6 Å². The van der Waals surface area contributed by atoms with Crippen molar-refractivity contribution in [2.75, 3.05) is 6.61 Å². The molecule has 1 N–H and O–H groups in total. The van der Waals surface area contributed by atoms with Crippen LogP contribution in [-0.2, 0) is 24.2 Å². The summed E-state index contributed by atoms with van der Waals surface area (Å²) < 4.78 is 6.95. The zero-order chi connectivity index (χ0) is 19.4. The summed E-state index contributed by atoms with van der Waals surface area (Å²) in [5, 5.41) is 13.8. The first-order valence-electron chi connectivity index (χ1n) is 8.77. The second kappa shape index (κ2) is 7.98. The van der Waals surface area contributed by atoms with Gasteiger partial charge in [-0.25, -0.2) is 9.78 Å². The minimum absolute atomic E-state index is 0.0243. The number of nitrogens with one attached hydrogen (secondary N) is 1. The Hall–Kier alpha value is -3.23. The van der Waals surface area contributed by atoms with Crippen molar-refractivity contribution in [2.45, 2.75) is 39.3 Å². The van der Waals surface area contributed by atoms with Crippen LogP contribution in [0.15, 0.2) is 24.4 Å². The Morgan fingerprint density at radius 1 is 1.30 bits per heavy atom. The monoisotopic (exact) mass is 372 g/mol. The molecule has 0 spiro atoms. The molecule has 2 heterocycles. The van der Waals surface area contributed by atoms with Gasteiger partial charge in [-0.05, 0) is 25.8 Å². The fourth-order valence-corrected chi connectivity index (χ4v) is 3.01. The second-order valence-electron chi connectivity index (χ2n) is 6.23. The lowest BCUT2D eigenvalue weighted by Crippen LogP contribution is -2.23. The number of hydrogen-bond donors (Lipinski definition) is 1. The van der Waals surface area contributed by atoms with Crippen LogP contribution in [0.4, 0.5) is 5.69 Å². The summed E-state index contributed by atoms with van der Waals surface area (Å²) in [7, 11) is 0. The van der Waals surface area contributed by atoms with Gasteiger partial charge in [0, 0.05) is 36.9 Å². The summed E-state index contributed by atoms with van der Waals surface area (Å²) in [4.78, 5) is 39.3. The highest BCUT2D eigenvalue weighted by Crippen LogP contribution is 2.19. The number of amides is 1. The van der Waals surface area contributed by atoms with Crippen molar-refractivity contribution in [3.05, 3.63) is 57.2 Å². The average molecular weight is 372 g/mol. The maximum absolute atomic E-state index is 12.4. The number of hydrogen-bond acceptors (Lipinski definition) is 6.